The summed E-state index contributed by atoms with van der Waals surface area (Å²) in [5.41, 5.74) is 0. The SMILES string of the molecule is [B]C(I)C(=O)CC(=O)OC. The molecular formula is C5H6BIO3. The Morgan fingerprint density at radius 1 is 1.70 bits per heavy atom. The van der Waals surface area contributed by atoms with Crippen LogP contribution < -0.4 is 0 Å². The lowest BCUT2D eigenvalue weighted by atomic mass is 9.99. The number of hydrogen-bond donors (Lipinski definition) is 0. The molecule has 1 unspecified atom stereocenters. The average Bonchev–Trinajstić information content (AvgIpc) is 1.87. The first kappa shape index (κ1) is 9.93. The topological polar surface area (TPSA) is 43.4 Å². The zero-order chi connectivity index (χ0) is 8.15. The number of ether oxygens (including phenoxy) is 1. The first-order valence-electron chi connectivity index (χ1n) is 2.57. The van der Waals surface area contributed by atoms with Gasteiger partial charge in [-0.2, -0.15) is 0 Å². The van der Waals surface area contributed by atoms with E-state index in [1.165, 1.54) is 7.11 Å². The van der Waals surface area contributed by atoms with Crippen LogP contribution in [-0.2, 0) is 14.3 Å². The van der Waals surface area contributed by atoms with Crippen LogP contribution in [0.2, 0.25) is 0 Å². The second-order valence-electron chi connectivity index (χ2n) is 1.62. The van der Waals surface area contributed by atoms with E-state index in [1.54, 1.807) is 22.6 Å². The highest BCUT2D eigenvalue weighted by Gasteiger charge is 2.12. The van der Waals surface area contributed by atoms with Gasteiger partial charge >= 0.3 is 5.97 Å². The maximum atomic E-state index is 10.7. The van der Waals surface area contributed by atoms with Crippen molar-refractivity contribution in [3.05, 3.63) is 0 Å². The highest BCUT2D eigenvalue weighted by molar-refractivity contribution is 14.1. The Balaban J connectivity index is 3.69. The van der Waals surface area contributed by atoms with Crippen LogP contribution in [0.3, 0.4) is 0 Å². The Morgan fingerprint density at radius 2 is 2.20 bits per heavy atom. The van der Waals surface area contributed by atoms with Crippen molar-refractivity contribution in [2.24, 2.45) is 0 Å². The molecule has 0 amide bonds. The van der Waals surface area contributed by atoms with Gasteiger partial charge in [-0.1, -0.05) is 22.6 Å². The molecule has 1 atom stereocenters. The summed E-state index contributed by atoms with van der Waals surface area (Å²) in [5, 5.41) is 0. The molecule has 0 aromatic carbocycles. The van der Waals surface area contributed by atoms with Gasteiger partial charge in [0.1, 0.15) is 12.2 Å². The molecule has 10 heavy (non-hydrogen) atoms. The minimum Gasteiger partial charge on any atom is -0.469 e. The van der Waals surface area contributed by atoms with Crippen LogP contribution in [0.4, 0.5) is 0 Å². The summed E-state index contributed by atoms with van der Waals surface area (Å²) in [7, 11) is 6.40. The second-order valence-corrected chi connectivity index (χ2v) is 2.96. The van der Waals surface area contributed by atoms with Gasteiger partial charge in [0.15, 0.2) is 0 Å². The van der Waals surface area contributed by atoms with Gasteiger partial charge in [0.05, 0.1) is 15.0 Å². The maximum absolute atomic E-state index is 10.7. The molecule has 0 rings (SSSR count). The molecule has 0 aromatic rings. The number of ketones is 1. The van der Waals surface area contributed by atoms with E-state index in [1.807, 2.05) is 0 Å². The third kappa shape index (κ3) is 3.87. The maximum Gasteiger partial charge on any atom is 0.313 e. The van der Waals surface area contributed by atoms with E-state index < -0.39 is 9.79 Å². The van der Waals surface area contributed by atoms with Crippen LogP contribution in [0.5, 0.6) is 0 Å². The Morgan fingerprint density at radius 3 is 2.50 bits per heavy atom. The van der Waals surface area contributed by atoms with E-state index in [4.69, 9.17) is 7.85 Å². The van der Waals surface area contributed by atoms with Crippen molar-refractivity contribution >= 4 is 42.2 Å². The van der Waals surface area contributed by atoms with Gasteiger partial charge in [0, 0.05) is 3.82 Å². The van der Waals surface area contributed by atoms with Gasteiger partial charge in [-0.05, 0) is 0 Å². The Kier molecular flexibility index (Phi) is 4.67. The fraction of sp³-hybridized carbons (Fsp3) is 0.600. The number of carbonyl (C=O) groups is 2. The molecule has 0 fully saturated rings. The summed E-state index contributed by atoms with van der Waals surface area (Å²) in [5.74, 6) is -0.857. The van der Waals surface area contributed by atoms with E-state index >= 15 is 0 Å². The summed E-state index contributed by atoms with van der Waals surface area (Å²) >= 11 is 1.74. The molecule has 0 saturated heterocycles. The van der Waals surface area contributed by atoms with Crippen LogP contribution in [0, 0.1) is 0 Å². The fourth-order valence-corrected chi connectivity index (χ4v) is 0.532. The molecular weight excluding hydrogens is 246 g/mol. The number of alkyl halides is 1. The molecule has 0 aromatic heterocycles. The molecule has 0 aliphatic carbocycles. The number of esters is 1. The number of Topliss-reactive ketones (excluding diaryl/α,β-unsaturated/α-hetero) is 1. The Bertz CT molecular complexity index is 146. The third-order valence-corrected chi connectivity index (χ3v) is 1.55. The van der Waals surface area contributed by atoms with Gasteiger partial charge in [-0.25, -0.2) is 0 Å². The van der Waals surface area contributed by atoms with Crippen molar-refractivity contribution in [2.45, 2.75) is 10.2 Å². The van der Waals surface area contributed by atoms with Crippen molar-refractivity contribution < 1.29 is 14.3 Å². The Labute approximate surface area is 74.0 Å². The standard InChI is InChI=1S/C5H6BIO3/c1-10-4(9)2-3(8)5(6)7/h5H,2H2,1H3. The highest BCUT2D eigenvalue weighted by Crippen LogP contribution is 1.99. The predicted octanol–water partition coefficient (Wildman–Crippen LogP) is 0.0482. The molecule has 0 bridgehead atoms. The number of halogens is 1. The highest BCUT2D eigenvalue weighted by atomic mass is 127. The normalized spacial score (nSPS) is 12.2. The van der Waals surface area contributed by atoms with Gasteiger partial charge in [-0.15, -0.1) is 0 Å². The van der Waals surface area contributed by atoms with Crippen LogP contribution in [-0.4, -0.2) is 30.5 Å². The van der Waals surface area contributed by atoms with Crippen molar-refractivity contribution in [3.63, 3.8) is 0 Å². The number of rotatable bonds is 3. The van der Waals surface area contributed by atoms with Crippen molar-refractivity contribution in [1.29, 1.82) is 0 Å². The lowest BCUT2D eigenvalue weighted by molar-refractivity contribution is -0.142. The van der Waals surface area contributed by atoms with E-state index in [-0.39, 0.29) is 12.2 Å². The number of methoxy groups -OCH3 is 1. The molecule has 0 saturated carbocycles. The second kappa shape index (κ2) is 4.70. The zero-order valence-electron chi connectivity index (χ0n) is 5.46. The number of hydrogen-bond acceptors (Lipinski definition) is 3. The predicted molar refractivity (Wildman–Crippen MR) is 45.2 cm³/mol. The molecule has 0 N–H and O–H groups in total. The monoisotopic (exact) mass is 252 g/mol. The molecule has 0 aliphatic rings. The zero-order valence-corrected chi connectivity index (χ0v) is 7.62. The molecule has 2 radical (unpaired) electrons. The first-order chi connectivity index (χ1) is 4.57. The Hall–Kier alpha value is -0.0651. The summed E-state index contributed by atoms with van der Waals surface area (Å²) in [6.07, 6.45) is -0.236. The quantitative estimate of drug-likeness (QED) is 0.234. The van der Waals surface area contributed by atoms with Gasteiger partial charge in [0.25, 0.3) is 0 Å². The summed E-state index contributed by atoms with van der Waals surface area (Å²) in [4.78, 5) is 21.1. The van der Waals surface area contributed by atoms with Crippen LogP contribution in [0.25, 0.3) is 0 Å². The van der Waals surface area contributed by atoms with E-state index in [0.29, 0.717) is 0 Å². The smallest absolute Gasteiger partial charge is 0.313 e. The minimum absolute atomic E-state index is 0.236. The van der Waals surface area contributed by atoms with Crippen molar-refractivity contribution in [1.82, 2.24) is 0 Å². The lowest BCUT2D eigenvalue weighted by Crippen LogP contribution is -2.18. The molecule has 3 nitrogen and oxygen atoms in total. The largest absolute Gasteiger partial charge is 0.469 e. The summed E-state index contributed by atoms with van der Waals surface area (Å²) in [6, 6.07) is 0. The summed E-state index contributed by atoms with van der Waals surface area (Å²) < 4.78 is 3.64. The van der Waals surface area contributed by atoms with Gasteiger partial charge < -0.3 is 4.74 Å². The molecule has 0 aliphatic heterocycles. The molecule has 54 valence electrons. The summed E-state index contributed by atoms with van der Waals surface area (Å²) in [6.45, 7) is 0. The lowest BCUT2D eigenvalue weighted by Gasteiger charge is -1.99. The van der Waals surface area contributed by atoms with Crippen molar-refractivity contribution in [3.8, 4) is 0 Å². The van der Waals surface area contributed by atoms with E-state index in [2.05, 4.69) is 4.74 Å². The van der Waals surface area contributed by atoms with Gasteiger partial charge in [0.2, 0.25) is 0 Å². The van der Waals surface area contributed by atoms with E-state index in [0.717, 1.165) is 0 Å². The van der Waals surface area contributed by atoms with Crippen molar-refractivity contribution in [2.75, 3.05) is 7.11 Å². The average molecular weight is 252 g/mol. The molecule has 0 heterocycles. The molecule has 0 spiro atoms. The minimum atomic E-state index is -0.614. The fourth-order valence-electron chi connectivity index (χ4n) is 0.312. The number of carbonyl (C=O) groups excluding carboxylic acids is 2. The first-order valence-corrected chi connectivity index (χ1v) is 3.81. The molecule has 5 heteroatoms. The van der Waals surface area contributed by atoms with Crippen LogP contribution in [0.1, 0.15) is 6.42 Å². The van der Waals surface area contributed by atoms with Gasteiger partial charge in [-0.3, -0.25) is 9.59 Å². The van der Waals surface area contributed by atoms with E-state index in [9.17, 15) is 9.59 Å². The third-order valence-electron chi connectivity index (χ3n) is 0.854. The van der Waals surface area contributed by atoms with Crippen LogP contribution in [0.15, 0.2) is 0 Å². The van der Waals surface area contributed by atoms with Crippen LogP contribution >= 0.6 is 22.6 Å².